The lowest BCUT2D eigenvalue weighted by atomic mass is 10.2. The number of hydrogen-bond acceptors (Lipinski definition) is 7. The molecule has 1 saturated heterocycles. The maximum Gasteiger partial charge on any atom is 0.224 e. The summed E-state index contributed by atoms with van der Waals surface area (Å²) in [6, 6.07) is 10.8. The van der Waals surface area contributed by atoms with E-state index in [0.717, 1.165) is 22.8 Å². The molecule has 2 N–H and O–H groups in total. The van der Waals surface area contributed by atoms with Gasteiger partial charge in [-0.25, -0.2) is 9.37 Å². The van der Waals surface area contributed by atoms with Crippen LogP contribution in [0.5, 0.6) is 0 Å². The largest absolute Gasteiger partial charge is 0.357 e. The number of thioether (sulfide) groups is 1. The van der Waals surface area contributed by atoms with Crippen molar-refractivity contribution in [2.45, 2.75) is 27.9 Å². The lowest BCUT2D eigenvalue weighted by Gasteiger charge is -2.13. The normalized spacial score (nSPS) is 16.1. The average molecular weight is 414 g/mol. The van der Waals surface area contributed by atoms with E-state index in [1.807, 2.05) is 36.0 Å². The van der Waals surface area contributed by atoms with Gasteiger partial charge in [-0.3, -0.25) is 4.98 Å². The molecule has 0 amide bonds. The predicted molar refractivity (Wildman–Crippen MR) is 114 cm³/mol. The minimum atomic E-state index is -0.277. The fourth-order valence-corrected chi connectivity index (χ4v) is 5.01. The molecule has 1 fully saturated rings. The molecule has 0 aliphatic carbocycles. The van der Waals surface area contributed by atoms with Crippen molar-refractivity contribution >= 4 is 41.0 Å². The summed E-state index contributed by atoms with van der Waals surface area (Å²) in [6.07, 6.45) is 5.73. The first kappa shape index (κ1) is 19.0. The molecule has 0 spiro atoms. The fraction of sp³-hybridized carbons (Fsp3) is 0.250. The van der Waals surface area contributed by atoms with Gasteiger partial charge in [0.25, 0.3) is 0 Å². The Labute approximate surface area is 172 Å². The number of nitrogens with one attached hydrogen (secondary N) is 2. The zero-order valence-corrected chi connectivity index (χ0v) is 17.0. The first-order valence-electron chi connectivity index (χ1n) is 9.04. The molecule has 0 saturated carbocycles. The van der Waals surface area contributed by atoms with Crippen LogP contribution in [0, 0.1) is 5.82 Å². The molecule has 0 radical (unpaired) electrons. The minimum absolute atomic E-state index is 0.277. The third-order valence-electron chi connectivity index (χ3n) is 4.31. The predicted octanol–water partition coefficient (Wildman–Crippen LogP) is 5.52. The highest BCUT2D eigenvalue weighted by Crippen LogP contribution is 2.40. The first-order chi connectivity index (χ1) is 13.7. The Hall–Kier alpha value is -2.32. The lowest BCUT2D eigenvalue weighted by molar-refractivity contribution is 0.602. The third-order valence-corrected chi connectivity index (χ3v) is 6.77. The second-order valence-corrected chi connectivity index (χ2v) is 8.73. The summed E-state index contributed by atoms with van der Waals surface area (Å²) < 4.78 is 14.6. The van der Waals surface area contributed by atoms with Gasteiger partial charge in [0, 0.05) is 46.2 Å². The van der Waals surface area contributed by atoms with Crippen LogP contribution in [0.1, 0.15) is 23.8 Å². The summed E-state index contributed by atoms with van der Waals surface area (Å²) in [5.74, 6) is 2.11. The molecule has 1 aliphatic heterocycles. The molecule has 1 aromatic carbocycles. The van der Waals surface area contributed by atoms with E-state index in [4.69, 9.17) is 0 Å². The third kappa shape index (κ3) is 4.56. The standard InChI is InChI=1S/C20H20FN5S2/c1-22-20-25-16(18-3-2-10-27-18)12-19(26-20)24-13-4-5-17(15(21)11-13)28-14-6-8-23-9-7-14/h4-9,11-12,18H,2-3,10H2,1H3,(H2,22,24,25,26). The van der Waals surface area contributed by atoms with Crippen molar-refractivity contribution in [1.29, 1.82) is 0 Å². The second kappa shape index (κ2) is 8.79. The summed E-state index contributed by atoms with van der Waals surface area (Å²) in [6.45, 7) is 0. The molecule has 2 aromatic heterocycles. The summed E-state index contributed by atoms with van der Waals surface area (Å²) in [5, 5.41) is 6.62. The molecule has 5 nitrogen and oxygen atoms in total. The molecular weight excluding hydrogens is 393 g/mol. The highest BCUT2D eigenvalue weighted by Gasteiger charge is 2.20. The van der Waals surface area contributed by atoms with Crippen molar-refractivity contribution in [1.82, 2.24) is 15.0 Å². The van der Waals surface area contributed by atoms with Gasteiger partial charge in [-0.15, -0.1) is 0 Å². The van der Waals surface area contributed by atoms with E-state index in [1.165, 1.54) is 24.2 Å². The van der Waals surface area contributed by atoms with Gasteiger partial charge in [0.05, 0.1) is 5.69 Å². The van der Waals surface area contributed by atoms with Crippen molar-refractivity contribution < 1.29 is 4.39 Å². The van der Waals surface area contributed by atoms with Gasteiger partial charge in [-0.2, -0.15) is 16.7 Å². The van der Waals surface area contributed by atoms with E-state index in [1.54, 1.807) is 25.5 Å². The highest BCUT2D eigenvalue weighted by atomic mass is 32.2. The Kier molecular flexibility index (Phi) is 5.97. The Bertz CT molecular complexity index is 949. The van der Waals surface area contributed by atoms with Gasteiger partial charge in [-0.05, 0) is 48.9 Å². The van der Waals surface area contributed by atoms with E-state index < -0.39 is 0 Å². The summed E-state index contributed by atoms with van der Waals surface area (Å²) in [7, 11) is 1.80. The second-order valence-electron chi connectivity index (χ2n) is 6.31. The summed E-state index contributed by atoms with van der Waals surface area (Å²) >= 11 is 3.30. The molecule has 0 bridgehead atoms. The maximum absolute atomic E-state index is 14.6. The zero-order chi connectivity index (χ0) is 19.3. The molecule has 1 atom stereocenters. The molecule has 8 heteroatoms. The number of halogens is 1. The number of hydrogen-bond donors (Lipinski definition) is 2. The van der Waals surface area contributed by atoms with Crippen LogP contribution in [0.3, 0.4) is 0 Å². The van der Waals surface area contributed by atoms with E-state index in [2.05, 4.69) is 25.6 Å². The smallest absolute Gasteiger partial charge is 0.224 e. The number of anilines is 3. The monoisotopic (exact) mass is 413 g/mol. The Balaban J connectivity index is 1.53. The lowest BCUT2D eigenvalue weighted by Crippen LogP contribution is -2.05. The van der Waals surface area contributed by atoms with Gasteiger partial charge >= 0.3 is 0 Å². The minimum Gasteiger partial charge on any atom is -0.357 e. The van der Waals surface area contributed by atoms with Crippen LogP contribution in [-0.4, -0.2) is 27.8 Å². The maximum atomic E-state index is 14.6. The van der Waals surface area contributed by atoms with Crippen LogP contribution in [-0.2, 0) is 0 Å². The van der Waals surface area contributed by atoms with Crippen LogP contribution in [0.2, 0.25) is 0 Å². The van der Waals surface area contributed by atoms with Crippen molar-refractivity contribution in [2.24, 2.45) is 0 Å². The number of pyridine rings is 1. The molecule has 3 aromatic rings. The van der Waals surface area contributed by atoms with Crippen LogP contribution < -0.4 is 10.6 Å². The van der Waals surface area contributed by atoms with Gasteiger partial charge in [0.15, 0.2) is 0 Å². The van der Waals surface area contributed by atoms with Crippen molar-refractivity contribution in [3.05, 3.63) is 60.3 Å². The van der Waals surface area contributed by atoms with Crippen LogP contribution in [0.15, 0.2) is 58.6 Å². The van der Waals surface area contributed by atoms with Gasteiger partial charge in [-0.1, -0.05) is 11.8 Å². The van der Waals surface area contributed by atoms with E-state index in [0.29, 0.717) is 27.6 Å². The number of rotatable bonds is 6. The van der Waals surface area contributed by atoms with Crippen LogP contribution >= 0.6 is 23.5 Å². The van der Waals surface area contributed by atoms with Crippen molar-refractivity contribution in [3.63, 3.8) is 0 Å². The van der Waals surface area contributed by atoms with E-state index >= 15 is 0 Å². The quantitative estimate of drug-likeness (QED) is 0.552. The van der Waals surface area contributed by atoms with Crippen molar-refractivity contribution in [3.8, 4) is 0 Å². The van der Waals surface area contributed by atoms with Gasteiger partial charge < -0.3 is 10.6 Å². The van der Waals surface area contributed by atoms with Gasteiger partial charge in [0.2, 0.25) is 5.95 Å². The van der Waals surface area contributed by atoms with Gasteiger partial charge in [0.1, 0.15) is 11.6 Å². The van der Waals surface area contributed by atoms with Crippen LogP contribution in [0.25, 0.3) is 0 Å². The zero-order valence-electron chi connectivity index (χ0n) is 15.4. The number of nitrogens with zero attached hydrogens (tertiary/aromatic N) is 3. The summed E-state index contributed by atoms with van der Waals surface area (Å²) in [5.41, 5.74) is 1.66. The van der Waals surface area contributed by atoms with Crippen molar-refractivity contribution in [2.75, 3.05) is 23.4 Å². The molecule has 28 heavy (non-hydrogen) atoms. The Morgan fingerprint density at radius 3 is 2.71 bits per heavy atom. The topological polar surface area (TPSA) is 62.7 Å². The van der Waals surface area contributed by atoms with E-state index in [9.17, 15) is 4.39 Å². The van der Waals surface area contributed by atoms with Crippen LogP contribution in [0.4, 0.5) is 21.8 Å². The molecule has 1 unspecified atom stereocenters. The molecule has 1 aliphatic rings. The Morgan fingerprint density at radius 2 is 2.00 bits per heavy atom. The SMILES string of the molecule is CNc1nc(Nc2ccc(Sc3ccncc3)c(F)c2)cc(C2CCCS2)n1. The number of aromatic nitrogens is 3. The fourth-order valence-electron chi connectivity index (χ4n) is 2.96. The molecule has 3 heterocycles. The summed E-state index contributed by atoms with van der Waals surface area (Å²) in [4.78, 5) is 14.5. The molecule has 4 rings (SSSR count). The van der Waals surface area contributed by atoms with E-state index in [-0.39, 0.29) is 5.82 Å². The first-order valence-corrected chi connectivity index (χ1v) is 10.9. The average Bonchev–Trinajstić information content (AvgIpc) is 3.25. The molecular formula is C20H20FN5S2. The highest BCUT2D eigenvalue weighted by molar-refractivity contribution is 7.99. The molecule has 144 valence electrons. The Morgan fingerprint density at radius 1 is 1.14 bits per heavy atom. The number of benzene rings is 1.